The van der Waals surface area contributed by atoms with Crippen LogP contribution in [0.15, 0.2) is 205 Å². The average Bonchev–Trinajstić information content (AvgIpc) is 4.02. The summed E-state index contributed by atoms with van der Waals surface area (Å²) in [6, 6.07) is 73.6. The number of benzene rings is 9. The van der Waals surface area contributed by atoms with Gasteiger partial charge in [0, 0.05) is 37.6 Å². The van der Waals surface area contributed by atoms with E-state index in [1.165, 1.54) is 75.8 Å². The molecule has 0 atom stereocenters. The van der Waals surface area contributed by atoms with Gasteiger partial charge in [0.2, 0.25) is 0 Å². The van der Waals surface area contributed by atoms with Crippen molar-refractivity contribution in [1.29, 1.82) is 0 Å². The zero-order valence-electron chi connectivity index (χ0n) is 31.3. The van der Waals surface area contributed by atoms with E-state index >= 15 is 0 Å². The quantitative estimate of drug-likeness (QED) is 0.178. The summed E-state index contributed by atoms with van der Waals surface area (Å²) in [5, 5.41) is 4.65. The molecule has 1 spiro atoms. The van der Waals surface area contributed by atoms with Crippen molar-refractivity contribution < 1.29 is 4.42 Å². The molecule has 13 rings (SSSR count). The molecule has 2 aliphatic rings. The van der Waals surface area contributed by atoms with Gasteiger partial charge in [0.15, 0.2) is 0 Å². The zero-order chi connectivity index (χ0) is 38.0. The summed E-state index contributed by atoms with van der Waals surface area (Å²) in [4.78, 5) is 2.42. The highest BCUT2D eigenvalue weighted by atomic mass is 32.1. The molecule has 58 heavy (non-hydrogen) atoms. The second-order valence-corrected chi connectivity index (χ2v) is 16.6. The maximum Gasteiger partial charge on any atom is 0.144 e. The predicted octanol–water partition coefficient (Wildman–Crippen LogP) is 15.4. The fourth-order valence-corrected chi connectivity index (χ4v) is 11.5. The molecule has 3 heteroatoms. The Morgan fingerprint density at radius 3 is 1.67 bits per heavy atom. The molecular formula is C55H33NOS. The first-order chi connectivity index (χ1) is 28.8. The van der Waals surface area contributed by atoms with Crippen molar-refractivity contribution in [3.63, 3.8) is 0 Å². The van der Waals surface area contributed by atoms with Gasteiger partial charge in [0.1, 0.15) is 11.2 Å². The number of rotatable bonds is 4. The van der Waals surface area contributed by atoms with Gasteiger partial charge >= 0.3 is 0 Å². The number of fused-ring (bicyclic) bond motifs is 17. The first-order valence-electron chi connectivity index (χ1n) is 19.9. The fraction of sp³-hybridized carbons (Fsp3) is 0.0182. The standard InChI is InChI=1S/C55H33NOS/c1-2-14-36(15-3-1)56(49-33-44-42-19-7-12-24-50(42)57-53(44)52-43-20-8-13-25-51(43)58-54(49)52)37-29-26-34(27-30-37)35-28-31-41-40-18-6-11-23-47(40)55(48(41)32-35)45-21-9-4-16-38(45)39-17-5-10-22-46(39)55/h1-33H. The number of nitrogens with zero attached hydrogens (tertiary/aromatic N) is 1. The Morgan fingerprint density at radius 2 is 0.966 bits per heavy atom. The largest absolute Gasteiger partial charge is 0.455 e. The molecule has 11 aromatic rings. The van der Waals surface area contributed by atoms with Crippen LogP contribution in [-0.4, -0.2) is 0 Å². The highest BCUT2D eigenvalue weighted by Crippen LogP contribution is 2.63. The number of anilines is 3. The Balaban J connectivity index is 1.00. The molecule has 2 aromatic heterocycles. The maximum absolute atomic E-state index is 6.66. The molecular weight excluding hydrogens is 723 g/mol. The third-order valence-electron chi connectivity index (χ3n) is 12.7. The summed E-state index contributed by atoms with van der Waals surface area (Å²) in [7, 11) is 0. The van der Waals surface area contributed by atoms with Crippen LogP contribution in [0.2, 0.25) is 0 Å². The summed E-state index contributed by atoms with van der Waals surface area (Å²) >= 11 is 1.83. The monoisotopic (exact) mass is 755 g/mol. The van der Waals surface area contributed by atoms with Crippen LogP contribution in [0.5, 0.6) is 0 Å². The van der Waals surface area contributed by atoms with Crippen molar-refractivity contribution in [1.82, 2.24) is 0 Å². The molecule has 0 saturated carbocycles. The lowest BCUT2D eigenvalue weighted by molar-refractivity contribution is 0.673. The first kappa shape index (κ1) is 31.9. The summed E-state index contributed by atoms with van der Waals surface area (Å²) in [5.41, 5.74) is 18.0. The van der Waals surface area contributed by atoms with Crippen molar-refractivity contribution in [3.8, 4) is 33.4 Å². The smallest absolute Gasteiger partial charge is 0.144 e. The van der Waals surface area contributed by atoms with Crippen molar-refractivity contribution in [3.05, 3.63) is 222 Å². The molecule has 2 aliphatic carbocycles. The minimum Gasteiger partial charge on any atom is -0.455 e. The number of furan rings is 1. The van der Waals surface area contributed by atoms with E-state index in [1.807, 2.05) is 11.3 Å². The maximum atomic E-state index is 6.66. The van der Waals surface area contributed by atoms with Crippen molar-refractivity contribution in [2.45, 2.75) is 5.41 Å². The summed E-state index contributed by atoms with van der Waals surface area (Å²) in [6.07, 6.45) is 0. The normalized spacial score (nSPS) is 13.3. The Hall–Kier alpha value is -7.20. The number of hydrogen-bond acceptors (Lipinski definition) is 3. The molecule has 0 bridgehead atoms. The van der Waals surface area contributed by atoms with E-state index in [-0.39, 0.29) is 5.41 Å². The van der Waals surface area contributed by atoms with Crippen molar-refractivity contribution >= 4 is 70.5 Å². The number of thiophene rings is 1. The van der Waals surface area contributed by atoms with Crippen LogP contribution < -0.4 is 4.90 Å². The van der Waals surface area contributed by atoms with Crippen LogP contribution >= 0.6 is 11.3 Å². The van der Waals surface area contributed by atoms with E-state index in [4.69, 9.17) is 4.42 Å². The highest BCUT2D eigenvalue weighted by molar-refractivity contribution is 7.26. The van der Waals surface area contributed by atoms with E-state index < -0.39 is 0 Å². The molecule has 0 N–H and O–H groups in total. The minimum atomic E-state index is -0.370. The molecule has 9 aromatic carbocycles. The minimum absolute atomic E-state index is 0.370. The second kappa shape index (κ2) is 11.9. The molecule has 0 radical (unpaired) electrons. The van der Waals surface area contributed by atoms with E-state index in [2.05, 4.69) is 205 Å². The molecule has 2 nitrogen and oxygen atoms in total. The lowest BCUT2D eigenvalue weighted by atomic mass is 9.70. The van der Waals surface area contributed by atoms with E-state index in [0.29, 0.717) is 0 Å². The SMILES string of the molecule is c1ccc(N(c2ccc(-c3ccc4c(c3)C3(c5ccccc5-c5ccccc53)c3ccccc3-4)cc2)c2cc3c4ccccc4oc3c3c2sc2ccccc23)cc1. The van der Waals surface area contributed by atoms with Gasteiger partial charge in [0.05, 0.1) is 15.8 Å². The van der Waals surface area contributed by atoms with Gasteiger partial charge in [-0.1, -0.05) is 152 Å². The number of para-hydroxylation sites is 2. The molecule has 0 aliphatic heterocycles. The lowest BCUT2D eigenvalue weighted by Crippen LogP contribution is -2.25. The van der Waals surface area contributed by atoms with Crippen LogP contribution in [-0.2, 0) is 5.41 Å². The summed E-state index contributed by atoms with van der Waals surface area (Å²) in [5.74, 6) is 0. The summed E-state index contributed by atoms with van der Waals surface area (Å²) < 4.78 is 9.12. The molecule has 0 saturated heterocycles. The predicted molar refractivity (Wildman–Crippen MR) is 243 cm³/mol. The second-order valence-electron chi connectivity index (χ2n) is 15.5. The molecule has 2 heterocycles. The van der Waals surface area contributed by atoms with Gasteiger partial charge in [-0.05, 0) is 104 Å². The van der Waals surface area contributed by atoms with Gasteiger partial charge in [0.25, 0.3) is 0 Å². The van der Waals surface area contributed by atoms with Gasteiger partial charge in [-0.25, -0.2) is 0 Å². The van der Waals surface area contributed by atoms with Crippen molar-refractivity contribution in [2.24, 2.45) is 0 Å². The fourth-order valence-electron chi connectivity index (χ4n) is 10.3. The Bertz CT molecular complexity index is 3400. The topological polar surface area (TPSA) is 16.4 Å². The first-order valence-corrected chi connectivity index (χ1v) is 20.7. The van der Waals surface area contributed by atoms with Gasteiger partial charge < -0.3 is 9.32 Å². The van der Waals surface area contributed by atoms with Crippen LogP contribution in [0.4, 0.5) is 17.1 Å². The van der Waals surface area contributed by atoms with Crippen LogP contribution in [0.25, 0.3) is 75.5 Å². The summed E-state index contributed by atoms with van der Waals surface area (Å²) in [6.45, 7) is 0. The molecule has 0 unspecified atom stereocenters. The van der Waals surface area contributed by atoms with Gasteiger partial charge in [-0.3, -0.25) is 0 Å². The molecule has 270 valence electrons. The Labute approximate surface area is 339 Å². The van der Waals surface area contributed by atoms with Crippen LogP contribution in [0.1, 0.15) is 22.3 Å². The van der Waals surface area contributed by atoms with E-state index in [1.54, 1.807) is 0 Å². The van der Waals surface area contributed by atoms with Gasteiger partial charge in [-0.2, -0.15) is 0 Å². The molecule has 0 amide bonds. The zero-order valence-corrected chi connectivity index (χ0v) is 32.1. The Morgan fingerprint density at radius 1 is 0.414 bits per heavy atom. The molecule has 0 fully saturated rings. The lowest BCUT2D eigenvalue weighted by Gasteiger charge is -2.30. The average molecular weight is 756 g/mol. The van der Waals surface area contributed by atoms with Crippen LogP contribution in [0.3, 0.4) is 0 Å². The van der Waals surface area contributed by atoms with Gasteiger partial charge in [-0.15, -0.1) is 11.3 Å². The van der Waals surface area contributed by atoms with Crippen LogP contribution in [0, 0.1) is 0 Å². The number of hydrogen-bond donors (Lipinski definition) is 0. The van der Waals surface area contributed by atoms with E-state index in [9.17, 15) is 0 Å². The highest BCUT2D eigenvalue weighted by Gasteiger charge is 2.51. The third-order valence-corrected chi connectivity index (χ3v) is 13.9. The third kappa shape index (κ3) is 4.21. The van der Waals surface area contributed by atoms with Crippen molar-refractivity contribution in [2.75, 3.05) is 4.90 Å². The van der Waals surface area contributed by atoms with E-state index in [0.717, 1.165) is 39.0 Å². The Kier molecular flexibility index (Phi) is 6.56.